The number of ether oxygens (including phenoxy) is 1. The Kier molecular flexibility index (Phi) is 6.64. The largest absolute Gasteiger partial charge is 0.484 e. The summed E-state index contributed by atoms with van der Waals surface area (Å²) >= 11 is 5.96. The van der Waals surface area contributed by atoms with Gasteiger partial charge in [0, 0.05) is 18.1 Å². The number of hydrogen-bond acceptors (Lipinski definition) is 3. The highest BCUT2D eigenvalue weighted by atomic mass is 35.5. The molecule has 4 nitrogen and oxygen atoms in total. The highest BCUT2D eigenvalue weighted by Gasteiger charge is 2.04. The van der Waals surface area contributed by atoms with Crippen molar-refractivity contribution in [2.45, 2.75) is 20.0 Å². The zero-order valence-electron chi connectivity index (χ0n) is 14.3. The number of aryl methyl sites for hydroxylation is 1. The predicted molar refractivity (Wildman–Crippen MR) is 97.4 cm³/mol. The molecule has 0 atom stereocenters. The van der Waals surface area contributed by atoms with Gasteiger partial charge in [0.25, 0.3) is 5.91 Å². The van der Waals surface area contributed by atoms with Gasteiger partial charge >= 0.3 is 0 Å². The van der Waals surface area contributed by atoms with E-state index in [9.17, 15) is 4.79 Å². The maximum Gasteiger partial charge on any atom is 0.258 e. The van der Waals surface area contributed by atoms with Gasteiger partial charge in [-0.2, -0.15) is 0 Å². The first kappa shape index (κ1) is 18.3. The third-order valence-electron chi connectivity index (χ3n) is 3.51. The van der Waals surface area contributed by atoms with Gasteiger partial charge in [-0.3, -0.25) is 4.79 Å². The minimum absolute atomic E-state index is 0.0141. The van der Waals surface area contributed by atoms with Crippen LogP contribution in [0.4, 0.5) is 0 Å². The molecule has 1 N–H and O–H groups in total. The average molecular weight is 347 g/mol. The van der Waals surface area contributed by atoms with Crippen LogP contribution in [0.2, 0.25) is 5.02 Å². The molecule has 24 heavy (non-hydrogen) atoms. The Bertz CT molecular complexity index is 684. The summed E-state index contributed by atoms with van der Waals surface area (Å²) in [7, 11) is 4.08. The van der Waals surface area contributed by atoms with Gasteiger partial charge in [-0.15, -0.1) is 0 Å². The molecule has 0 aromatic heterocycles. The number of hydrogen-bond donors (Lipinski definition) is 1. The van der Waals surface area contributed by atoms with Crippen molar-refractivity contribution in [3.05, 3.63) is 64.2 Å². The molecule has 0 radical (unpaired) electrons. The van der Waals surface area contributed by atoms with Gasteiger partial charge in [-0.1, -0.05) is 35.9 Å². The highest BCUT2D eigenvalue weighted by molar-refractivity contribution is 6.31. The minimum atomic E-state index is -0.153. The van der Waals surface area contributed by atoms with Crippen molar-refractivity contribution in [1.82, 2.24) is 10.2 Å². The fourth-order valence-corrected chi connectivity index (χ4v) is 2.35. The number of benzene rings is 2. The lowest BCUT2D eigenvalue weighted by molar-refractivity contribution is -0.123. The topological polar surface area (TPSA) is 41.6 Å². The van der Waals surface area contributed by atoms with Gasteiger partial charge in [-0.25, -0.2) is 0 Å². The second-order valence-electron chi connectivity index (χ2n) is 6.03. The Balaban J connectivity index is 1.77. The molecule has 0 fully saturated rings. The molecule has 0 heterocycles. The molecule has 0 unspecified atom stereocenters. The lowest BCUT2D eigenvalue weighted by atomic mass is 10.1. The molecule has 2 aromatic rings. The smallest absolute Gasteiger partial charge is 0.258 e. The Morgan fingerprint density at radius 2 is 1.79 bits per heavy atom. The molecule has 1 amide bonds. The normalized spacial score (nSPS) is 10.7. The van der Waals surface area contributed by atoms with Crippen molar-refractivity contribution in [2.24, 2.45) is 0 Å². The van der Waals surface area contributed by atoms with Crippen LogP contribution in [0.15, 0.2) is 42.5 Å². The number of amides is 1. The van der Waals surface area contributed by atoms with E-state index in [-0.39, 0.29) is 12.5 Å². The van der Waals surface area contributed by atoms with Crippen molar-refractivity contribution >= 4 is 17.5 Å². The summed E-state index contributed by atoms with van der Waals surface area (Å²) in [6, 6.07) is 13.6. The molecule has 0 aliphatic rings. The van der Waals surface area contributed by atoms with Crippen LogP contribution in [0.5, 0.6) is 5.75 Å². The fraction of sp³-hybridized carbons (Fsp3) is 0.316. The first-order valence-electron chi connectivity index (χ1n) is 7.82. The van der Waals surface area contributed by atoms with Crippen molar-refractivity contribution in [1.29, 1.82) is 0 Å². The summed E-state index contributed by atoms with van der Waals surface area (Å²) in [5.41, 5.74) is 3.23. The monoisotopic (exact) mass is 346 g/mol. The fourth-order valence-electron chi connectivity index (χ4n) is 2.24. The van der Waals surface area contributed by atoms with E-state index in [1.165, 1.54) is 5.56 Å². The van der Waals surface area contributed by atoms with Crippen molar-refractivity contribution in [3.63, 3.8) is 0 Å². The molecule has 0 aliphatic heterocycles. The standard InChI is InChI=1S/C19H23ClN2O2/c1-14-10-17(8-9-18(14)20)24-13-19(23)21-11-15-4-6-16(7-5-15)12-22(2)3/h4-10H,11-13H2,1-3H3,(H,21,23). The Morgan fingerprint density at radius 3 is 2.42 bits per heavy atom. The Hall–Kier alpha value is -2.04. The van der Waals surface area contributed by atoms with E-state index in [2.05, 4.69) is 22.3 Å². The van der Waals surface area contributed by atoms with Crippen LogP contribution in [0, 0.1) is 6.92 Å². The summed E-state index contributed by atoms with van der Waals surface area (Å²) in [6.07, 6.45) is 0. The lowest BCUT2D eigenvalue weighted by Crippen LogP contribution is -2.28. The maximum absolute atomic E-state index is 11.9. The molecular weight excluding hydrogens is 324 g/mol. The van der Waals surface area contributed by atoms with Gasteiger partial charge in [0.1, 0.15) is 5.75 Å². The average Bonchev–Trinajstić information content (AvgIpc) is 2.55. The molecule has 2 aromatic carbocycles. The molecule has 5 heteroatoms. The number of rotatable bonds is 7. The van der Waals surface area contributed by atoms with Gasteiger partial charge < -0.3 is 15.0 Å². The molecule has 0 saturated heterocycles. The van der Waals surface area contributed by atoms with Crippen molar-refractivity contribution < 1.29 is 9.53 Å². The molecular formula is C19H23ClN2O2. The Labute approximate surface area is 148 Å². The van der Waals surface area contributed by atoms with Gasteiger partial charge in [0.2, 0.25) is 0 Å². The van der Waals surface area contributed by atoms with E-state index in [1.54, 1.807) is 12.1 Å². The molecule has 2 rings (SSSR count). The van der Waals surface area contributed by atoms with Crippen LogP contribution < -0.4 is 10.1 Å². The van der Waals surface area contributed by atoms with Crippen LogP contribution in [0.1, 0.15) is 16.7 Å². The van der Waals surface area contributed by atoms with Gasteiger partial charge in [0.15, 0.2) is 6.61 Å². The second kappa shape index (κ2) is 8.71. The molecule has 0 bridgehead atoms. The summed E-state index contributed by atoms with van der Waals surface area (Å²) in [4.78, 5) is 14.0. The molecule has 0 saturated carbocycles. The molecule has 0 spiro atoms. The quantitative estimate of drug-likeness (QED) is 0.835. The first-order chi connectivity index (χ1) is 11.4. The van der Waals surface area contributed by atoms with E-state index >= 15 is 0 Å². The van der Waals surface area contributed by atoms with E-state index in [0.29, 0.717) is 17.3 Å². The summed E-state index contributed by atoms with van der Waals surface area (Å²) < 4.78 is 5.48. The van der Waals surface area contributed by atoms with Crippen LogP contribution in [-0.2, 0) is 17.9 Å². The van der Waals surface area contributed by atoms with Crippen molar-refractivity contribution in [3.8, 4) is 5.75 Å². The zero-order valence-corrected chi connectivity index (χ0v) is 15.1. The summed E-state index contributed by atoms with van der Waals surface area (Å²) in [6.45, 7) is 3.28. The number of nitrogens with one attached hydrogen (secondary N) is 1. The third kappa shape index (κ3) is 5.87. The number of carbonyl (C=O) groups is 1. The number of nitrogens with zero attached hydrogens (tertiary/aromatic N) is 1. The van der Waals surface area contributed by atoms with Crippen LogP contribution in [0.25, 0.3) is 0 Å². The summed E-state index contributed by atoms with van der Waals surface area (Å²) in [5.74, 6) is 0.486. The van der Waals surface area contributed by atoms with E-state index in [4.69, 9.17) is 16.3 Å². The molecule has 128 valence electrons. The lowest BCUT2D eigenvalue weighted by Gasteiger charge is -2.11. The van der Waals surface area contributed by atoms with E-state index < -0.39 is 0 Å². The van der Waals surface area contributed by atoms with Crippen LogP contribution in [-0.4, -0.2) is 31.5 Å². The van der Waals surface area contributed by atoms with Crippen LogP contribution >= 0.6 is 11.6 Å². The minimum Gasteiger partial charge on any atom is -0.484 e. The second-order valence-corrected chi connectivity index (χ2v) is 6.44. The van der Waals surface area contributed by atoms with Crippen LogP contribution in [0.3, 0.4) is 0 Å². The molecule has 0 aliphatic carbocycles. The van der Waals surface area contributed by atoms with Crippen molar-refractivity contribution in [2.75, 3.05) is 20.7 Å². The van der Waals surface area contributed by atoms with Gasteiger partial charge in [0.05, 0.1) is 0 Å². The Morgan fingerprint density at radius 1 is 1.12 bits per heavy atom. The number of halogens is 1. The number of carbonyl (C=O) groups excluding carboxylic acids is 1. The zero-order chi connectivity index (χ0) is 17.5. The first-order valence-corrected chi connectivity index (χ1v) is 8.20. The maximum atomic E-state index is 11.9. The SMILES string of the molecule is Cc1cc(OCC(=O)NCc2ccc(CN(C)C)cc2)ccc1Cl. The third-order valence-corrected chi connectivity index (χ3v) is 3.93. The van der Waals surface area contributed by atoms with Gasteiger partial charge in [-0.05, 0) is 55.9 Å². The predicted octanol–water partition coefficient (Wildman–Crippen LogP) is 3.41. The van der Waals surface area contributed by atoms with E-state index in [1.807, 2.05) is 39.2 Å². The van der Waals surface area contributed by atoms with E-state index in [0.717, 1.165) is 17.7 Å². The highest BCUT2D eigenvalue weighted by Crippen LogP contribution is 2.20. The summed E-state index contributed by atoms with van der Waals surface area (Å²) in [5, 5.41) is 3.54.